The highest BCUT2D eigenvalue weighted by Gasteiger charge is 2.75. The number of hydrogen-bond acceptors (Lipinski definition) is 11. The van der Waals surface area contributed by atoms with Gasteiger partial charge in [0, 0.05) is 35.5 Å². The Labute approximate surface area is 366 Å². The van der Waals surface area contributed by atoms with Crippen LogP contribution >= 0.6 is 0 Å². The molecule has 13 atom stereocenters. The summed E-state index contributed by atoms with van der Waals surface area (Å²) in [6, 6.07) is 4.40. The minimum absolute atomic E-state index is 0.0101. The van der Waals surface area contributed by atoms with Crippen LogP contribution in [0, 0.1) is 40.4 Å². The number of carbonyl (C=O) groups excluding carboxylic acids is 3. The summed E-state index contributed by atoms with van der Waals surface area (Å²) in [4.78, 5) is 35.9. The quantitative estimate of drug-likeness (QED) is 0.0531. The predicted molar refractivity (Wildman–Crippen MR) is 224 cm³/mol. The van der Waals surface area contributed by atoms with E-state index in [4.69, 9.17) is 9.47 Å². The third kappa shape index (κ3) is 10.1. The van der Waals surface area contributed by atoms with Gasteiger partial charge in [-0.2, -0.15) is 13.2 Å². The van der Waals surface area contributed by atoms with Crippen LogP contribution in [0.2, 0.25) is 0 Å². The van der Waals surface area contributed by atoms with E-state index in [9.17, 15) is 58.2 Å². The molecule has 15 heteroatoms. The second kappa shape index (κ2) is 19.8. The molecule has 63 heavy (non-hydrogen) atoms. The lowest BCUT2D eigenvalue weighted by Gasteiger charge is -2.62. The molecule has 0 aromatic heterocycles. The number of allylic oxidation sites excluding steroid dienone is 6. The average molecular weight is 893 g/mol. The topological polar surface area (TPSA) is 191 Å². The van der Waals surface area contributed by atoms with Crippen molar-refractivity contribution in [3.8, 4) is 5.75 Å². The molecule has 0 aliphatic heterocycles. The molecule has 0 radical (unpaired) electrons. The number of carbonyl (C=O) groups is 3. The summed E-state index contributed by atoms with van der Waals surface area (Å²) >= 11 is 0. The van der Waals surface area contributed by atoms with Gasteiger partial charge in [-0.15, -0.1) is 0 Å². The average Bonchev–Trinajstić information content (AvgIpc) is 3.60. The van der Waals surface area contributed by atoms with Gasteiger partial charge >= 0.3 is 12.1 Å². The number of rotatable bonds is 14. The Morgan fingerprint density at radius 3 is 2.43 bits per heavy atom. The minimum Gasteiger partial charge on any atom is -0.491 e. The predicted octanol–water partition coefficient (Wildman–Crippen LogP) is 6.32. The third-order valence-corrected chi connectivity index (χ3v) is 14.5. The summed E-state index contributed by atoms with van der Waals surface area (Å²) in [6.07, 6.45) is 6.53. The monoisotopic (exact) mass is 892 g/mol. The van der Waals surface area contributed by atoms with Gasteiger partial charge in [-0.25, -0.2) is 4.39 Å². The number of ketones is 2. The van der Waals surface area contributed by atoms with Gasteiger partial charge < -0.3 is 40.1 Å². The van der Waals surface area contributed by atoms with Crippen molar-refractivity contribution in [1.82, 2.24) is 0 Å². The van der Waals surface area contributed by atoms with E-state index in [-0.39, 0.29) is 60.8 Å². The van der Waals surface area contributed by atoms with Crippen molar-refractivity contribution >= 4 is 17.5 Å². The number of halogens is 4. The first-order valence-electron chi connectivity index (χ1n) is 22.0. The SMILES string of the molecule is CC(C)OC(=O)CCC/C=C\C[C@@H]1[C@@H](/C=C/[C@@H](O)COc2cccc(C(F)(F)F)c2)[C@H](O)C[C@@H]1O.C[C@@H]1C[C@H]2[C@@H]3CCC4=CC(=O)C=C[C@]4(C)[C@@]3(F)[C@@H](O)C[C@]2(C)[C@@]1(O)C(=O)CO. The molecule has 4 saturated carbocycles. The molecule has 350 valence electrons. The standard InChI is InChI=1S/C26H35F3O6.C22H29FO5/c1-17(2)35-25(33)11-6-4-3-5-10-21-22(24(32)15-23(21)31)13-12-19(30)16-34-20-9-7-8-18(14-20)26(27,28)29;1-12-8-16-15-5-4-13-9-14(25)6-7-19(13,2)21(15,23)17(26)10-20(16,3)22(12,28)18(27)11-24/h3,5,7-9,12-14,17,19,21-24,30-32H,4,6,10-11,15-16H2,1-2H3;6-7,9,12,15-17,24,26,28H,4-5,8,10-11H2,1-3H3/b5-3-,13-12+;/t19-,21-,22-,23+,24-;12-,15+,16+,17+,19+,20+,21+,22+/m11/s1. The summed E-state index contributed by atoms with van der Waals surface area (Å²) < 4.78 is 65.6. The fourth-order valence-corrected chi connectivity index (χ4v) is 11.3. The van der Waals surface area contributed by atoms with Crippen LogP contribution in [0.15, 0.2) is 72.4 Å². The fourth-order valence-electron chi connectivity index (χ4n) is 11.3. The first-order chi connectivity index (χ1) is 29.4. The molecule has 6 rings (SSSR count). The minimum atomic E-state index is -4.49. The Kier molecular flexibility index (Phi) is 15.8. The smallest absolute Gasteiger partial charge is 0.416 e. The number of esters is 1. The van der Waals surface area contributed by atoms with Gasteiger partial charge in [-0.05, 0) is 114 Å². The van der Waals surface area contributed by atoms with Crippen LogP contribution in [0.4, 0.5) is 17.6 Å². The molecule has 11 nitrogen and oxygen atoms in total. The Balaban J connectivity index is 0.000000242. The van der Waals surface area contributed by atoms with Crippen LogP contribution in [-0.4, -0.2) is 103 Å². The number of unbranched alkanes of at least 4 members (excludes halogenated alkanes) is 1. The summed E-state index contributed by atoms with van der Waals surface area (Å²) in [5.74, 6) is -3.00. The molecule has 0 unspecified atom stereocenters. The van der Waals surface area contributed by atoms with Crippen molar-refractivity contribution in [2.75, 3.05) is 13.2 Å². The van der Waals surface area contributed by atoms with Gasteiger partial charge in [0.25, 0.3) is 0 Å². The normalized spacial score (nSPS) is 36.6. The lowest BCUT2D eigenvalue weighted by Crippen LogP contribution is -2.69. The van der Waals surface area contributed by atoms with Crippen molar-refractivity contribution < 1.29 is 72.1 Å². The Hall–Kier alpha value is -3.73. The summed E-state index contributed by atoms with van der Waals surface area (Å²) in [5.41, 5.74) is -6.01. The van der Waals surface area contributed by atoms with Crippen molar-refractivity contribution in [3.63, 3.8) is 0 Å². The van der Waals surface area contributed by atoms with E-state index in [0.717, 1.165) is 12.1 Å². The number of Topliss-reactive ketones (excluding diaryl/α,β-unsaturated/α-hetero) is 1. The number of alkyl halides is 4. The van der Waals surface area contributed by atoms with Crippen LogP contribution in [0.3, 0.4) is 0 Å². The Morgan fingerprint density at radius 2 is 1.76 bits per heavy atom. The number of aliphatic hydroxyl groups excluding tert-OH is 5. The van der Waals surface area contributed by atoms with Gasteiger partial charge in [0.2, 0.25) is 0 Å². The maximum Gasteiger partial charge on any atom is 0.416 e. The summed E-state index contributed by atoms with van der Waals surface area (Å²) in [6.45, 7) is 7.82. The molecule has 1 aromatic rings. The van der Waals surface area contributed by atoms with Gasteiger partial charge in [0.15, 0.2) is 17.2 Å². The zero-order valence-corrected chi connectivity index (χ0v) is 36.6. The van der Waals surface area contributed by atoms with Crippen molar-refractivity contribution in [3.05, 3.63) is 77.9 Å². The highest BCUT2D eigenvalue weighted by molar-refractivity contribution is 6.01. The van der Waals surface area contributed by atoms with Crippen molar-refractivity contribution in [2.24, 2.45) is 40.4 Å². The second-order valence-corrected chi connectivity index (χ2v) is 18.8. The zero-order chi connectivity index (χ0) is 46.7. The van der Waals surface area contributed by atoms with Gasteiger partial charge in [0.1, 0.15) is 30.7 Å². The van der Waals surface area contributed by atoms with Crippen LogP contribution < -0.4 is 4.74 Å². The number of fused-ring (bicyclic) bond motifs is 5. The van der Waals surface area contributed by atoms with E-state index in [1.807, 2.05) is 12.2 Å². The maximum atomic E-state index is 16.9. The van der Waals surface area contributed by atoms with E-state index < -0.39 is 82.5 Å². The van der Waals surface area contributed by atoms with Gasteiger partial charge in [0.05, 0.1) is 30.0 Å². The first-order valence-corrected chi connectivity index (χ1v) is 22.0. The molecular formula is C48H64F4O11. The number of hydrogen-bond donors (Lipinski definition) is 6. The molecule has 0 bridgehead atoms. The zero-order valence-electron chi connectivity index (χ0n) is 36.6. The highest BCUT2D eigenvalue weighted by atomic mass is 19.4. The molecule has 5 aliphatic rings. The first kappa shape index (κ1) is 50.3. The van der Waals surface area contributed by atoms with E-state index in [1.165, 1.54) is 30.4 Å². The van der Waals surface area contributed by atoms with E-state index in [0.29, 0.717) is 50.5 Å². The molecule has 6 N–H and O–H groups in total. The highest BCUT2D eigenvalue weighted by Crippen LogP contribution is 2.70. The van der Waals surface area contributed by atoms with E-state index >= 15 is 4.39 Å². The van der Waals surface area contributed by atoms with Crippen LogP contribution in [0.1, 0.15) is 98.0 Å². The number of ether oxygens (including phenoxy) is 2. The largest absolute Gasteiger partial charge is 0.491 e. The number of aliphatic hydroxyl groups is 6. The molecule has 1 aromatic carbocycles. The molecule has 0 saturated heterocycles. The van der Waals surface area contributed by atoms with Crippen LogP contribution in [-0.2, 0) is 25.3 Å². The van der Waals surface area contributed by atoms with Crippen LogP contribution in [0.5, 0.6) is 5.75 Å². The lowest BCUT2D eigenvalue weighted by molar-refractivity contribution is -0.219. The van der Waals surface area contributed by atoms with Gasteiger partial charge in [-0.1, -0.05) is 55.9 Å². The second-order valence-electron chi connectivity index (χ2n) is 18.8. The molecule has 5 aliphatic carbocycles. The number of benzene rings is 1. The summed E-state index contributed by atoms with van der Waals surface area (Å²) in [7, 11) is 0. The summed E-state index contributed by atoms with van der Waals surface area (Å²) in [5, 5.41) is 62.8. The fraction of sp³-hybridized carbons (Fsp3) is 0.646. The lowest BCUT2D eigenvalue weighted by atomic mass is 9.44. The van der Waals surface area contributed by atoms with Crippen molar-refractivity contribution in [2.45, 2.75) is 140 Å². The van der Waals surface area contributed by atoms with Crippen LogP contribution in [0.25, 0.3) is 0 Å². The van der Waals surface area contributed by atoms with Gasteiger partial charge in [-0.3, -0.25) is 14.4 Å². The molecule has 0 amide bonds. The third-order valence-electron chi connectivity index (χ3n) is 14.5. The Morgan fingerprint density at radius 1 is 1.05 bits per heavy atom. The molecule has 4 fully saturated rings. The maximum absolute atomic E-state index is 16.9. The molecule has 0 spiro atoms. The molecular weight excluding hydrogens is 829 g/mol. The molecule has 0 heterocycles. The van der Waals surface area contributed by atoms with E-state index in [1.54, 1.807) is 46.8 Å². The van der Waals surface area contributed by atoms with E-state index in [2.05, 4.69) is 0 Å². The Bertz CT molecular complexity index is 1930. The van der Waals surface area contributed by atoms with Crippen molar-refractivity contribution in [1.29, 1.82) is 0 Å².